The number of carbonyl (C=O) groups excluding carboxylic acids is 1. The zero-order chi connectivity index (χ0) is 24.6. The fraction of sp³-hybridized carbons (Fsp3) is 0.750. The summed E-state index contributed by atoms with van der Waals surface area (Å²) in [5, 5.41) is 19.4. The number of likely N-dealkylation sites (tertiary alicyclic amines) is 1. The van der Waals surface area contributed by atoms with Crippen LogP contribution in [0.25, 0.3) is 0 Å². The second kappa shape index (κ2) is 11.9. The molecule has 1 aliphatic heterocycles. The lowest BCUT2D eigenvalue weighted by atomic mass is 9.79. The van der Waals surface area contributed by atoms with Gasteiger partial charge in [-0.2, -0.15) is 18.4 Å². The third-order valence-corrected chi connectivity index (χ3v) is 6.91. The fourth-order valence-electron chi connectivity index (χ4n) is 4.80. The quantitative estimate of drug-likeness (QED) is 0.403. The van der Waals surface area contributed by atoms with E-state index in [-0.39, 0.29) is 18.0 Å². The smallest absolute Gasteiger partial charge is 0.386 e. The van der Waals surface area contributed by atoms with Crippen molar-refractivity contribution >= 4 is 5.91 Å². The minimum Gasteiger partial charge on any atom is -0.386 e. The molecule has 1 saturated heterocycles. The molecular weight excluding hydrogens is 431 g/mol. The van der Waals surface area contributed by atoms with Crippen molar-refractivity contribution < 1.29 is 18.0 Å². The van der Waals surface area contributed by atoms with Gasteiger partial charge in [-0.15, -0.1) is 0 Å². The van der Waals surface area contributed by atoms with Crippen molar-refractivity contribution in [2.75, 3.05) is 19.6 Å². The number of allylic oxidation sites excluding steroid dienone is 1. The Kier molecular flexibility index (Phi) is 9.80. The third kappa shape index (κ3) is 6.97. The first-order valence-electron chi connectivity index (χ1n) is 12.0. The second-order valence-electron chi connectivity index (χ2n) is 9.17. The maximum Gasteiger partial charge on any atom is 0.403 e. The molecule has 0 spiro atoms. The lowest BCUT2D eigenvalue weighted by Gasteiger charge is -2.45. The van der Waals surface area contributed by atoms with E-state index in [9.17, 15) is 23.2 Å². The van der Waals surface area contributed by atoms with Crippen molar-refractivity contribution in [1.82, 2.24) is 20.9 Å². The monoisotopic (exact) mass is 469 g/mol. The van der Waals surface area contributed by atoms with Crippen molar-refractivity contribution in [1.29, 1.82) is 5.26 Å². The predicted octanol–water partition coefficient (Wildman–Crippen LogP) is 3.63. The minimum atomic E-state index is -4.26. The molecule has 2 aliphatic rings. The number of rotatable bonds is 11. The minimum absolute atomic E-state index is 0.157. The summed E-state index contributed by atoms with van der Waals surface area (Å²) >= 11 is 0. The molecule has 0 bridgehead atoms. The van der Waals surface area contributed by atoms with Gasteiger partial charge in [0.2, 0.25) is 5.91 Å². The number of hydrogen-bond acceptors (Lipinski definition) is 5. The van der Waals surface area contributed by atoms with Gasteiger partial charge in [-0.25, -0.2) is 0 Å². The predicted molar refractivity (Wildman–Crippen MR) is 123 cm³/mol. The first kappa shape index (κ1) is 27.2. The third-order valence-electron chi connectivity index (χ3n) is 6.91. The van der Waals surface area contributed by atoms with Crippen LogP contribution in [-0.4, -0.2) is 60.3 Å². The molecule has 2 unspecified atom stereocenters. The van der Waals surface area contributed by atoms with Crippen molar-refractivity contribution in [3.05, 3.63) is 24.4 Å². The summed E-state index contributed by atoms with van der Waals surface area (Å²) in [6, 6.07) is 0.940. The lowest BCUT2D eigenvalue weighted by Crippen LogP contribution is -2.58. The standard InChI is InChI=1S/C24H38F3N5O/c1-5-8-21(29-15-18-13-20(14-18)31-22(33)6-2)23(7-3,16-28)32-11-9-19(10-12-32)30-17(4)24(25,26)27/h6,8,17-20,29-30H,2,5,7,9-15H2,1,3-4H3,(H,31,33)/b21-8+. The fourth-order valence-corrected chi connectivity index (χ4v) is 4.80. The SMILES string of the molecule is C=CC(=O)NC1CC(CN/C(=C/CC)C(C#N)(CC)N2CCC(NC(C)C(F)(F)F)CC2)C1. The average Bonchev–Trinajstić information content (AvgIpc) is 2.76. The van der Waals surface area contributed by atoms with Crippen LogP contribution in [0.1, 0.15) is 59.3 Å². The number of alkyl halides is 3. The number of piperidine rings is 1. The summed E-state index contributed by atoms with van der Waals surface area (Å²) in [7, 11) is 0. The number of nitrogens with one attached hydrogen (secondary N) is 3. The summed E-state index contributed by atoms with van der Waals surface area (Å²) in [5.74, 6) is 0.252. The van der Waals surface area contributed by atoms with Gasteiger partial charge < -0.3 is 16.0 Å². The Morgan fingerprint density at radius 3 is 2.36 bits per heavy atom. The maximum absolute atomic E-state index is 12.9. The lowest BCUT2D eigenvalue weighted by molar-refractivity contribution is -0.154. The second-order valence-corrected chi connectivity index (χ2v) is 9.17. The zero-order valence-corrected chi connectivity index (χ0v) is 20.0. The normalized spacial score (nSPS) is 25.3. The largest absolute Gasteiger partial charge is 0.403 e. The molecule has 186 valence electrons. The van der Waals surface area contributed by atoms with E-state index in [0.717, 1.165) is 38.4 Å². The molecule has 3 N–H and O–H groups in total. The number of carbonyl (C=O) groups is 1. The van der Waals surface area contributed by atoms with Gasteiger partial charge in [-0.1, -0.05) is 26.5 Å². The van der Waals surface area contributed by atoms with Crippen molar-refractivity contribution in [3.8, 4) is 6.07 Å². The van der Waals surface area contributed by atoms with Gasteiger partial charge in [0.25, 0.3) is 0 Å². The van der Waals surface area contributed by atoms with Crippen LogP contribution in [0.5, 0.6) is 0 Å². The van der Waals surface area contributed by atoms with E-state index in [0.29, 0.717) is 38.3 Å². The molecule has 1 aliphatic carbocycles. The number of hydrogen-bond donors (Lipinski definition) is 3. The van der Waals surface area contributed by atoms with Crippen LogP contribution in [0.2, 0.25) is 0 Å². The summed E-state index contributed by atoms with van der Waals surface area (Å²) in [6.07, 6.45) is 3.33. The zero-order valence-electron chi connectivity index (χ0n) is 20.0. The Hall–Kier alpha value is -2.05. The van der Waals surface area contributed by atoms with Gasteiger partial charge in [-0.3, -0.25) is 9.69 Å². The van der Waals surface area contributed by atoms with Crippen LogP contribution in [-0.2, 0) is 4.79 Å². The first-order chi connectivity index (χ1) is 15.6. The molecule has 1 heterocycles. The molecule has 33 heavy (non-hydrogen) atoms. The molecule has 0 radical (unpaired) electrons. The summed E-state index contributed by atoms with van der Waals surface area (Å²) in [4.78, 5) is 13.5. The average molecular weight is 470 g/mol. The van der Waals surface area contributed by atoms with Crippen LogP contribution < -0.4 is 16.0 Å². The highest BCUT2D eigenvalue weighted by Gasteiger charge is 2.43. The van der Waals surface area contributed by atoms with Crippen LogP contribution >= 0.6 is 0 Å². The molecule has 2 rings (SSSR count). The van der Waals surface area contributed by atoms with Gasteiger partial charge in [-0.05, 0) is 57.4 Å². The van der Waals surface area contributed by atoms with Crippen LogP contribution in [0, 0.1) is 17.2 Å². The molecule has 0 aromatic heterocycles. The Morgan fingerprint density at radius 2 is 1.88 bits per heavy atom. The number of nitriles is 1. The Labute approximate surface area is 195 Å². The summed E-state index contributed by atoms with van der Waals surface area (Å²) < 4.78 is 38.7. The molecule has 2 fully saturated rings. The van der Waals surface area contributed by atoms with Crippen LogP contribution in [0.4, 0.5) is 13.2 Å². The number of amides is 1. The maximum atomic E-state index is 12.9. The van der Waals surface area contributed by atoms with Gasteiger partial charge in [0, 0.05) is 37.4 Å². The van der Waals surface area contributed by atoms with Crippen molar-refractivity contribution in [2.24, 2.45) is 5.92 Å². The highest BCUT2D eigenvalue weighted by Crippen LogP contribution is 2.33. The molecule has 0 aromatic rings. The van der Waals surface area contributed by atoms with Gasteiger partial charge in [0.05, 0.1) is 6.07 Å². The Balaban J connectivity index is 1.97. The highest BCUT2D eigenvalue weighted by molar-refractivity contribution is 5.87. The van der Waals surface area contributed by atoms with E-state index in [2.05, 4.69) is 39.6 Å². The molecule has 2 atom stereocenters. The molecular formula is C24H38F3N5O. The topological polar surface area (TPSA) is 80.2 Å². The van der Waals surface area contributed by atoms with E-state index >= 15 is 0 Å². The number of nitrogens with zero attached hydrogens (tertiary/aromatic N) is 2. The Bertz CT molecular complexity index is 733. The Morgan fingerprint density at radius 1 is 1.24 bits per heavy atom. The highest BCUT2D eigenvalue weighted by atomic mass is 19.4. The van der Waals surface area contributed by atoms with Gasteiger partial charge in [0.1, 0.15) is 11.6 Å². The van der Waals surface area contributed by atoms with E-state index in [1.165, 1.54) is 6.08 Å². The number of halogens is 3. The molecule has 0 aromatic carbocycles. The van der Waals surface area contributed by atoms with Gasteiger partial charge >= 0.3 is 6.18 Å². The summed E-state index contributed by atoms with van der Waals surface area (Å²) in [5.41, 5.74) is 0.0558. The molecule has 9 heteroatoms. The molecule has 1 saturated carbocycles. The van der Waals surface area contributed by atoms with E-state index in [1.807, 2.05) is 13.8 Å². The van der Waals surface area contributed by atoms with Crippen molar-refractivity contribution in [2.45, 2.75) is 89.1 Å². The van der Waals surface area contributed by atoms with E-state index in [1.54, 1.807) is 0 Å². The van der Waals surface area contributed by atoms with E-state index in [4.69, 9.17) is 0 Å². The van der Waals surface area contributed by atoms with Crippen molar-refractivity contribution in [3.63, 3.8) is 0 Å². The van der Waals surface area contributed by atoms with Gasteiger partial charge in [0.15, 0.2) is 0 Å². The molecule has 6 nitrogen and oxygen atoms in total. The van der Waals surface area contributed by atoms with Crippen LogP contribution in [0.3, 0.4) is 0 Å². The van der Waals surface area contributed by atoms with Crippen LogP contribution in [0.15, 0.2) is 24.4 Å². The first-order valence-corrected chi connectivity index (χ1v) is 12.0. The van der Waals surface area contributed by atoms with E-state index < -0.39 is 17.8 Å². The molecule has 1 amide bonds. The summed E-state index contributed by atoms with van der Waals surface area (Å²) in [6.45, 7) is 10.5.